The van der Waals surface area contributed by atoms with Gasteiger partial charge in [0.15, 0.2) is 5.82 Å². The molecule has 1 aromatic heterocycles. The summed E-state index contributed by atoms with van der Waals surface area (Å²) >= 11 is 1.19. The molecule has 1 heterocycles. The second-order valence-electron chi connectivity index (χ2n) is 7.38. The van der Waals surface area contributed by atoms with Crippen molar-refractivity contribution in [3.8, 4) is 0 Å². The summed E-state index contributed by atoms with van der Waals surface area (Å²) in [5.41, 5.74) is 1.57. The van der Waals surface area contributed by atoms with Crippen molar-refractivity contribution in [1.82, 2.24) is 19.8 Å². The van der Waals surface area contributed by atoms with Crippen molar-refractivity contribution >= 4 is 29.3 Å². The number of aromatic nitrogens is 3. The summed E-state index contributed by atoms with van der Waals surface area (Å²) in [6.45, 7) is 7.90. The van der Waals surface area contributed by atoms with Gasteiger partial charge < -0.3 is 16.1 Å². The minimum atomic E-state index is -0.253. The number of likely N-dealkylation sites (N-methyl/N-ethyl adjacent to an activating group) is 1. The third-order valence-electron chi connectivity index (χ3n) is 3.80. The van der Waals surface area contributed by atoms with E-state index >= 15 is 0 Å². The van der Waals surface area contributed by atoms with Crippen LogP contribution in [0.1, 0.15) is 32.2 Å². The van der Waals surface area contributed by atoms with Crippen LogP contribution in [0.4, 0.5) is 5.69 Å². The Morgan fingerprint density at radius 2 is 1.85 bits per heavy atom. The number of hydrogen-bond acceptors (Lipinski definition) is 6. The normalized spacial score (nSPS) is 11.3. The topological polar surface area (TPSA) is 106 Å². The molecule has 0 aliphatic rings. The molecule has 1 aromatic carbocycles. The highest BCUT2D eigenvalue weighted by Crippen LogP contribution is 2.23. The predicted molar refractivity (Wildman–Crippen MR) is 107 cm³/mol. The van der Waals surface area contributed by atoms with Crippen molar-refractivity contribution in [1.29, 1.82) is 0 Å². The molecule has 0 atom stereocenters. The van der Waals surface area contributed by atoms with Crippen LogP contribution in [0.15, 0.2) is 29.4 Å². The molecule has 146 valence electrons. The van der Waals surface area contributed by atoms with Crippen LogP contribution in [-0.4, -0.2) is 50.9 Å². The molecule has 2 amide bonds. The number of nitrogens with zero attached hydrogens (tertiary/aromatic N) is 4. The Morgan fingerprint density at radius 1 is 1.22 bits per heavy atom. The maximum absolute atomic E-state index is 12.3. The Kier molecular flexibility index (Phi) is 6.48. The van der Waals surface area contributed by atoms with E-state index in [1.54, 1.807) is 7.05 Å². The lowest BCUT2D eigenvalue weighted by Crippen LogP contribution is -2.36. The summed E-state index contributed by atoms with van der Waals surface area (Å²) in [6.07, 6.45) is 0. The summed E-state index contributed by atoms with van der Waals surface area (Å²) in [7, 11) is 1.59. The van der Waals surface area contributed by atoms with Gasteiger partial charge in [-0.1, -0.05) is 50.2 Å². The molecule has 0 aliphatic carbocycles. The Balaban J connectivity index is 1.86. The van der Waals surface area contributed by atoms with Gasteiger partial charge in [-0.3, -0.25) is 9.59 Å². The standard InChI is InChI=1S/C18H26N6O2S/c1-12-6-8-13(9-7-12)20-14(25)10-23(5)15(26)11-27-17-22-21-16(24(17)19)18(2,3)4/h6-9H,10-11,19H2,1-5H3,(H,20,25). The number of benzene rings is 1. The van der Waals surface area contributed by atoms with Gasteiger partial charge in [0, 0.05) is 18.2 Å². The molecule has 2 aromatic rings. The van der Waals surface area contributed by atoms with E-state index in [-0.39, 0.29) is 29.5 Å². The van der Waals surface area contributed by atoms with E-state index in [2.05, 4.69) is 15.5 Å². The lowest BCUT2D eigenvalue weighted by Gasteiger charge is -2.17. The number of nitrogens with one attached hydrogen (secondary N) is 1. The van der Waals surface area contributed by atoms with Crippen LogP contribution in [0, 0.1) is 6.92 Å². The largest absolute Gasteiger partial charge is 0.336 e. The zero-order chi connectivity index (χ0) is 20.2. The molecular weight excluding hydrogens is 364 g/mol. The van der Waals surface area contributed by atoms with E-state index in [1.807, 2.05) is 52.0 Å². The van der Waals surface area contributed by atoms with Gasteiger partial charge in [-0.2, -0.15) is 0 Å². The number of nitrogens with two attached hydrogens (primary N) is 1. The summed E-state index contributed by atoms with van der Waals surface area (Å²) in [6, 6.07) is 7.48. The highest BCUT2D eigenvalue weighted by molar-refractivity contribution is 7.99. The van der Waals surface area contributed by atoms with Gasteiger partial charge in [0.25, 0.3) is 0 Å². The SMILES string of the molecule is Cc1ccc(NC(=O)CN(C)C(=O)CSc2nnc(C(C)(C)C)n2N)cc1. The minimum Gasteiger partial charge on any atom is -0.336 e. The Morgan fingerprint density at radius 3 is 2.41 bits per heavy atom. The maximum Gasteiger partial charge on any atom is 0.243 e. The highest BCUT2D eigenvalue weighted by atomic mass is 32.2. The summed E-state index contributed by atoms with van der Waals surface area (Å²) in [4.78, 5) is 25.8. The molecular formula is C18H26N6O2S. The first-order chi connectivity index (χ1) is 12.6. The van der Waals surface area contributed by atoms with Gasteiger partial charge in [-0.05, 0) is 19.1 Å². The molecule has 9 heteroatoms. The number of anilines is 1. The van der Waals surface area contributed by atoms with Crippen molar-refractivity contribution in [3.63, 3.8) is 0 Å². The van der Waals surface area contributed by atoms with Crippen molar-refractivity contribution in [2.24, 2.45) is 0 Å². The highest BCUT2D eigenvalue weighted by Gasteiger charge is 2.23. The quantitative estimate of drug-likeness (QED) is 0.575. The van der Waals surface area contributed by atoms with Crippen molar-refractivity contribution < 1.29 is 9.59 Å². The van der Waals surface area contributed by atoms with Crippen LogP contribution in [-0.2, 0) is 15.0 Å². The molecule has 0 saturated heterocycles. The van der Waals surface area contributed by atoms with Crippen LogP contribution in [0.25, 0.3) is 0 Å². The van der Waals surface area contributed by atoms with Crippen molar-refractivity contribution in [3.05, 3.63) is 35.7 Å². The maximum atomic E-state index is 12.3. The fourth-order valence-corrected chi connectivity index (χ4v) is 3.06. The monoisotopic (exact) mass is 390 g/mol. The number of thioether (sulfide) groups is 1. The zero-order valence-corrected chi connectivity index (χ0v) is 17.1. The summed E-state index contributed by atoms with van der Waals surface area (Å²) < 4.78 is 1.40. The molecule has 8 nitrogen and oxygen atoms in total. The number of amides is 2. The molecule has 0 unspecified atom stereocenters. The molecule has 0 saturated carbocycles. The van der Waals surface area contributed by atoms with Crippen LogP contribution in [0.5, 0.6) is 0 Å². The Hall–Kier alpha value is -2.55. The van der Waals surface area contributed by atoms with Gasteiger partial charge in [-0.25, -0.2) is 4.68 Å². The minimum absolute atomic E-state index is 0.0319. The second kappa shape index (κ2) is 8.43. The molecule has 3 N–H and O–H groups in total. The molecule has 0 radical (unpaired) electrons. The zero-order valence-electron chi connectivity index (χ0n) is 16.3. The fraction of sp³-hybridized carbons (Fsp3) is 0.444. The van der Waals surface area contributed by atoms with Crippen LogP contribution < -0.4 is 11.2 Å². The summed E-state index contributed by atoms with van der Waals surface area (Å²) in [5.74, 6) is 6.32. The molecule has 0 bridgehead atoms. The van der Waals surface area contributed by atoms with E-state index < -0.39 is 0 Å². The van der Waals surface area contributed by atoms with Gasteiger partial charge >= 0.3 is 0 Å². The van der Waals surface area contributed by atoms with E-state index in [0.29, 0.717) is 16.7 Å². The second-order valence-corrected chi connectivity index (χ2v) is 8.32. The van der Waals surface area contributed by atoms with Crippen LogP contribution in [0.2, 0.25) is 0 Å². The first-order valence-electron chi connectivity index (χ1n) is 8.52. The number of carbonyl (C=O) groups is 2. The predicted octanol–water partition coefficient (Wildman–Crippen LogP) is 1.79. The molecule has 27 heavy (non-hydrogen) atoms. The number of nitrogen functional groups attached to an aromatic ring is 1. The van der Waals surface area contributed by atoms with Gasteiger partial charge in [0.1, 0.15) is 0 Å². The molecule has 0 fully saturated rings. The van der Waals surface area contributed by atoms with Crippen molar-refractivity contribution in [2.75, 3.05) is 30.5 Å². The van der Waals surface area contributed by atoms with Gasteiger partial charge in [0.05, 0.1) is 12.3 Å². The Labute approximate surface area is 163 Å². The van der Waals surface area contributed by atoms with E-state index in [0.717, 1.165) is 5.56 Å². The lowest BCUT2D eigenvalue weighted by molar-refractivity contribution is -0.131. The molecule has 2 rings (SSSR count). The van der Waals surface area contributed by atoms with Crippen molar-refractivity contribution in [2.45, 2.75) is 38.3 Å². The first-order valence-corrected chi connectivity index (χ1v) is 9.50. The van der Waals surface area contributed by atoms with E-state index in [9.17, 15) is 9.59 Å². The number of aryl methyl sites for hydroxylation is 1. The number of carbonyl (C=O) groups excluding carboxylic acids is 2. The molecule has 0 spiro atoms. The van der Waals surface area contributed by atoms with Gasteiger partial charge in [-0.15, -0.1) is 10.2 Å². The number of rotatable bonds is 6. The lowest BCUT2D eigenvalue weighted by atomic mass is 9.96. The third-order valence-corrected chi connectivity index (χ3v) is 4.73. The van der Waals surface area contributed by atoms with Gasteiger partial charge in [0.2, 0.25) is 17.0 Å². The Bertz CT molecular complexity index is 810. The van der Waals surface area contributed by atoms with Crippen LogP contribution in [0.3, 0.4) is 0 Å². The van der Waals surface area contributed by atoms with E-state index in [4.69, 9.17) is 5.84 Å². The summed E-state index contributed by atoms with van der Waals surface area (Å²) in [5, 5.41) is 11.4. The average Bonchev–Trinajstić information content (AvgIpc) is 2.95. The fourth-order valence-electron chi connectivity index (χ4n) is 2.26. The number of hydrogen-bond donors (Lipinski definition) is 2. The third kappa shape index (κ3) is 5.72. The van der Waals surface area contributed by atoms with Crippen LogP contribution >= 0.6 is 11.8 Å². The van der Waals surface area contributed by atoms with E-state index in [1.165, 1.54) is 21.3 Å². The first kappa shape index (κ1) is 20.8. The average molecular weight is 391 g/mol. The smallest absolute Gasteiger partial charge is 0.243 e. The molecule has 0 aliphatic heterocycles.